The van der Waals surface area contributed by atoms with Crippen LogP contribution >= 0.6 is 0 Å². The molecule has 1 heterocycles. The quantitative estimate of drug-likeness (QED) is 0.479. The Morgan fingerprint density at radius 2 is 1.96 bits per heavy atom. The Kier molecular flexibility index (Phi) is 4.04. The second-order valence-corrected chi connectivity index (χ2v) is 6.21. The van der Waals surface area contributed by atoms with Crippen LogP contribution in [-0.4, -0.2) is 23.4 Å². The van der Waals surface area contributed by atoms with Gasteiger partial charge in [-0.3, -0.25) is 14.9 Å². The molecule has 0 amide bonds. The van der Waals surface area contributed by atoms with Crippen LogP contribution in [0.5, 0.6) is 11.5 Å². The van der Waals surface area contributed by atoms with Gasteiger partial charge in [-0.15, -0.1) is 0 Å². The summed E-state index contributed by atoms with van der Waals surface area (Å²) in [5.41, 5.74) is 0.520. The van der Waals surface area contributed by atoms with Crippen LogP contribution in [0.25, 0.3) is 6.08 Å². The van der Waals surface area contributed by atoms with Gasteiger partial charge in [-0.25, -0.2) is 0 Å². The van der Waals surface area contributed by atoms with Gasteiger partial charge < -0.3 is 9.47 Å². The molecular formula is C19H17NO5. The number of ketones is 1. The molecule has 0 radical (unpaired) electrons. The standard InChI is InChI=1S/C19H17NO5/c1-19(2)16(10-12-5-4-6-13(9-12)20(22)23)18(21)15-11-14(24-3)7-8-17(15)25-19/h4-11H,1-3H3/b16-10-. The first-order valence-electron chi connectivity index (χ1n) is 7.70. The highest BCUT2D eigenvalue weighted by atomic mass is 16.6. The maximum absolute atomic E-state index is 13.0. The highest BCUT2D eigenvalue weighted by Gasteiger charge is 2.38. The van der Waals surface area contributed by atoms with E-state index in [9.17, 15) is 14.9 Å². The number of fused-ring (bicyclic) bond motifs is 1. The third-order valence-corrected chi connectivity index (χ3v) is 4.08. The monoisotopic (exact) mass is 339 g/mol. The molecular weight excluding hydrogens is 322 g/mol. The van der Waals surface area contributed by atoms with Crippen LogP contribution in [0.15, 0.2) is 48.0 Å². The Hall–Kier alpha value is -3.15. The summed E-state index contributed by atoms with van der Waals surface area (Å²) in [5, 5.41) is 11.0. The summed E-state index contributed by atoms with van der Waals surface area (Å²) in [5.74, 6) is 0.869. The Bertz CT molecular complexity index is 898. The molecule has 0 aromatic heterocycles. The lowest BCUT2D eigenvalue weighted by Gasteiger charge is -2.34. The number of rotatable bonds is 3. The van der Waals surface area contributed by atoms with Crippen molar-refractivity contribution in [2.45, 2.75) is 19.4 Å². The summed E-state index contributed by atoms with van der Waals surface area (Å²) in [6.45, 7) is 3.59. The topological polar surface area (TPSA) is 78.7 Å². The lowest BCUT2D eigenvalue weighted by Crippen LogP contribution is -2.38. The van der Waals surface area contributed by atoms with Crippen molar-refractivity contribution < 1.29 is 19.2 Å². The summed E-state index contributed by atoms with van der Waals surface area (Å²) in [6, 6.07) is 11.2. The Labute approximate surface area is 144 Å². The molecule has 0 spiro atoms. The number of benzene rings is 2. The van der Waals surface area contributed by atoms with E-state index in [-0.39, 0.29) is 11.5 Å². The fourth-order valence-corrected chi connectivity index (χ4v) is 2.79. The van der Waals surface area contributed by atoms with E-state index in [0.717, 1.165) is 0 Å². The number of methoxy groups -OCH3 is 1. The second kappa shape index (κ2) is 6.05. The normalized spacial score (nSPS) is 16.9. The molecule has 0 N–H and O–H groups in total. The van der Waals surface area contributed by atoms with E-state index in [2.05, 4.69) is 0 Å². The van der Waals surface area contributed by atoms with E-state index in [1.807, 2.05) is 0 Å². The maximum Gasteiger partial charge on any atom is 0.270 e. The summed E-state index contributed by atoms with van der Waals surface area (Å²) in [7, 11) is 1.53. The molecule has 0 saturated carbocycles. The summed E-state index contributed by atoms with van der Waals surface area (Å²) in [6.07, 6.45) is 1.64. The number of non-ortho nitro benzene ring substituents is 1. The van der Waals surface area contributed by atoms with Gasteiger partial charge in [0.25, 0.3) is 5.69 Å². The van der Waals surface area contributed by atoms with Crippen molar-refractivity contribution in [1.82, 2.24) is 0 Å². The predicted octanol–water partition coefficient (Wildman–Crippen LogP) is 4.04. The first kappa shape index (κ1) is 16.7. The minimum Gasteiger partial charge on any atom is -0.497 e. The number of hydrogen-bond acceptors (Lipinski definition) is 5. The molecule has 0 saturated heterocycles. The molecule has 1 aliphatic rings. The van der Waals surface area contributed by atoms with Crippen LogP contribution in [0.1, 0.15) is 29.8 Å². The van der Waals surface area contributed by atoms with E-state index in [4.69, 9.17) is 9.47 Å². The van der Waals surface area contributed by atoms with Gasteiger partial charge in [0.2, 0.25) is 0 Å². The summed E-state index contributed by atoms with van der Waals surface area (Å²) >= 11 is 0. The average Bonchev–Trinajstić information content (AvgIpc) is 2.58. The van der Waals surface area contributed by atoms with Crippen molar-refractivity contribution in [3.05, 3.63) is 69.3 Å². The Balaban J connectivity index is 2.10. The minimum atomic E-state index is -0.858. The third-order valence-electron chi connectivity index (χ3n) is 4.08. The molecule has 2 aromatic rings. The minimum absolute atomic E-state index is 0.0293. The molecule has 128 valence electrons. The van der Waals surface area contributed by atoms with E-state index in [0.29, 0.717) is 28.2 Å². The fourth-order valence-electron chi connectivity index (χ4n) is 2.79. The van der Waals surface area contributed by atoms with Gasteiger partial charge in [-0.05, 0) is 43.7 Å². The first-order valence-corrected chi connectivity index (χ1v) is 7.70. The smallest absolute Gasteiger partial charge is 0.270 e. The molecule has 0 aliphatic carbocycles. The van der Waals surface area contributed by atoms with Gasteiger partial charge in [0.05, 0.1) is 17.6 Å². The molecule has 1 aliphatic heterocycles. The fraction of sp³-hybridized carbons (Fsp3) is 0.211. The van der Waals surface area contributed by atoms with Crippen molar-refractivity contribution in [2.75, 3.05) is 7.11 Å². The zero-order valence-electron chi connectivity index (χ0n) is 14.1. The molecule has 6 heteroatoms. The molecule has 3 rings (SSSR count). The van der Waals surface area contributed by atoms with Crippen molar-refractivity contribution in [3.8, 4) is 11.5 Å². The molecule has 25 heavy (non-hydrogen) atoms. The van der Waals surface area contributed by atoms with Gasteiger partial charge in [-0.2, -0.15) is 0 Å². The van der Waals surface area contributed by atoms with Crippen LogP contribution < -0.4 is 9.47 Å². The van der Waals surface area contributed by atoms with Gasteiger partial charge in [0, 0.05) is 17.7 Å². The largest absolute Gasteiger partial charge is 0.497 e. The number of carbonyl (C=O) groups is 1. The second-order valence-electron chi connectivity index (χ2n) is 6.21. The van der Waals surface area contributed by atoms with E-state index >= 15 is 0 Å². The zero-order chi connectivity index (χ0) is 18.2. The number of nitro groups is 1. The predicted molar refractivity (Wildman–Crippen MR) is 93.1 cm³/mol. The highest BCUT2D eigenvalue weighted by Crippen LogP contribution is 2.39. The van der Waals surface area contributed by atoms with Crippen molar-refractivity contribution in [1.29, 1.82) is 0 Å². The molecule has 6 nitrogen and oxygen atoms in total. The Morgan fingerprint density at radius 1 is 1.20 bits per heavy atom. The highest BCUT2D eigenvalue weighted by molar-refractivity contribution is 6.15. The number of ether oxygens (including phenoxy) is 2. The third kappa shape index (κ3) is 3.10. The summed E-state index contributed by atoms with van der Waals surface area (Å²) in [4.78, 5) is 23.5. The molecule has 2 aromatic carbocycles. The van der Waals surface area contributed by atoms with Crippen molar-refractivity contribution in [3.63, 3.8) is 0 Å². The average molecular weight is 339 g/mol. The first-order chi connectivity index (χ1) is 11.8. The number of nitrogens with zero attached hydrogens (tertiary/aromatic N) is 1. The molecule has 0 unspecified atom stereocenters. The molecule has 0 atom stereocenters. The van der Waals surface area contributed by atoms with Crippen LogP contribution in [0, 0.1) is 10.1 Å². The number of hydrogen-bond donors (Lipinski definition) is 0. The van der Waals surface area contributed by atoms with Gasteiger partial charge in [0.1, 0.15) is 17.1 Å². The molecule has 0 fully saturated rings. The van der Waals surface area contributed by atoms with E-state index in [1.165, 1.54) is 19.2 Å². The van der Waals surface area contributed by atoms with Crippen LogP contribution in [-0.2, 0) is 0 Å². The van der Waals surface area contributed by atoms with Crippen LogP contribution in [0.3, 0.4) is 0 Å². The van der Waals surface area contributed by atoms with Crippen molar-refractivity contribution in [2.24, 2.45) is 0 Å². The summed E-state index contributed by atoms with van der Waals surface area (Å²) < 4.78 is 11.1. The van der Waals surface area contributed by atoms with Crippen molar-refractivity contribution >= 4 is 17.5 Å². The lowest BCUT2D eigenvalue weighted by atomic mass is 9.85. The van der Waals surface area contributed by atoms with Crippen LogP contribution in [0.4, 0.5) is 5.69 Å². The van der Waals surface area contributed by atoms with Gasteiger partial charge in [0.15, 0.2) is 5.78 Å². The zero-order valence-corrected chi connectivity index (χ0v) is 14.1. The number of Topliss-reactive ketones (excluding diaryl/α,β-unsaturated/α-hetero) is 1. The number of nitro benzene ring substituents is 1. The van der Waals surface area contributed by atoms with Gasteiger partial charge in [-0.1, -0.05) is 12.1 Å². The van der Waals surface area contributed by atoms with E-state index in [1.54, 1.807) is 50.3 Å². The molecule has 0 bridgehead atoms. The number of carbonyl (C=O) groups excluding carboxylic acids is 1. The SMILES string of the molecule is COc1ccc2c(c1)C(=O)/C(=C/c1cccc([N+](=O)[O-])c1)C(C)(C)O2. The Morgan fingerprint density at radius 3 is 2.64 bits per heavy atom. The lowest BCUT2D eigenvalue weighted by molar-refractivity contribution is -0.384. The maximum atomic E-state index is 13.0. The van der Waals surface area contributed by atoms with E-state index < -0.39 is 10.5 Å². The van der Waals surface area contributed by atoms with Crippen LogP contribution in [0.2, 0.25) is 0 Å². The van der Waals surface area contributed by atoms with Gasteiger partial charge >= 0.3 is 0 Å².